The molecule has 1 aliphatic rings. The van der Waals surface area contributed by atoms with Gasteiger partial charge >= 0.3 is 0 Å². The van der Waals surface area contributed by atoms with Crippen LogP contribution in [-0.2, 0) is 20.0 Å². The van der Waals surface area contributed by atoms with Gasteiger partial charge in [0.2, 0.25) is 20.0 Å². The summed E-state index contributed by atoms with van der Waals surface area (Å²) in [5.41, 5.74) is 5.92. The fourth-order valence-corrected chi connectivity index (χ4v) is 5.38. The molecule has 0 radical (unpaired) electrons. The summed E-state index contributed by atoms with van der Waals surface area (Å²) in [4.78, 5) is -0.0370. The molecule has 2 N–H and O–H groups in total. The zero-order valence-electron chi connectivity index (χ0n) is 14.2. The Morgan fingerprint density at radius 2 is 1.83 bits per heavy atom. The predicted molar refractivity (Wildman–Crippen MR) is 92.4 cm³/mol. The third kappa shape index (κ3) is 3.80. The van der Waals surface area contributed by atoms with Crippen molar-refractivity contribution in [3.05, 3.63) is 24.3 Å². The normalized spacial score (nSPS) is 21.8. The number of nitrogens with two attached hydrogens (primary N) is 1. The standard InChI is InChI=1S/C15H25N3O4S2/c1-12(16)13-6-5-9-18(11-13)24(21,22)15-8-4-7-14(10-15)23(19,20)17(2)3/h4,7-8,10,12-13H,5-6,9,11,16H2,1-3H3. The minimum atomic E-state index is -3.74. The van der Waals surface area contributed by atoms with E-state index in [1.807, 2.05) is 6.92 Å². The Kier molecular flexibility index (Phi) is 5.71. The van der Waals surface area contributed by atoms with Gasteiger partial charge in [-0.25, -0.2) is 21.1 Å². The lowest BCUT2D eigenvalue weighted by molar-refractivity contribution is 0.243. The molecular formula is C15H25N3O4S2. The summed E-state index contributed by atoms with van der Waals surface area (Å²) in [6.45, 7) is 2.67. The minimum Gasteiger partial charge on any atom is -0.328 e. The molecule has 1 saturated heterocycles. The minimum absolute atomic E-state index is 0.00394. The van der Waals surface area contributed by atoms with Crippen LogP contribution in [0.1, 0.15) is 19.8 Å². The van der Waals surface area contributed by atoms with E-state index in [9.17, 15) is 16.8 Å². The van der Waals surface area contributed by atoms with E-state index < -0.39 is 20.0 Å². The molecule has 1 fully saturated rings. The molecule has 9 heteroatoms. The van der Waals surface area contributed by atoms with Crippen LogP contribution in [0.25, 0.3) is 0 Å². The van der Waals surface area contributed by atoms with E-state index in [0.29, 0.717) is 13.1 Å². The van der Waals surface area contributed by atoms with Crippen LogP contribution in [0.2, 0.25) is 0 Å². The average molecular weight is 376 g/mol. The fourth-order valence-electron chi connectivity index (χ4n) is 2.78. The molecule has 0 bridgehead atoms. The third-order valence-electron chi connectivity index (χ3n) is 4.39. The molecule has 1 aromatic carbocycles. The van der Waals surface area contributed by atoms with Crippen molar-refractivity contribution in [3.8, 4) is 0 Å². The van der Waals surface area contributed by atoms with Gasteiger partial charge < -0.3 is 5.73 Å². The second-order valence-electron chi connectivity index (χ2n) is 6.39. The Morgan fingerprint density at radius 3 is 2.42 bits per heavy atom. The summed E-state index contributed by atoms with van der Waals surface area (Å²) in [5, 5.41) is 0. The van der Waals surface area contributed by atoms with Gasteiger partial charge in [0.1, 0.15) is 0 Å². The van der Waals surface area contributed by atoms with Gasteiger partial charge in [-0.1, -0.05) is 6.07 Å². The molecule has 0 amide bonds. The van der Waals surface area contributed by atoms with E-state index in [1.165, 1.54) is 42.7 Å². The Labute approximate surface area is 144 Å². The van der Waals surface area contributed by atoms with Gasteiger partial charge in [0, 0.05) is 33.2 Å². The Balaban J connectivity index is 2.37. The van der Waals surface area contributed by atoms with Crippen LogP contribution >= 0.6 is 0 Å². The van der Waals surface area contributed by atoms with E-state index in [-0.39, 0.29) is 21.8 Å². The van der Waals surface area contributed by atoms with Gasteiger partial charge in [-0.15, -0.1) is 0 Å². The molecule has 2 atom stereocenters. The zero-order chi connectivity index (χ0) is 18.1. The van der Waals surface area contributed by atoms with Crippen molar-refractivity contribution in [2.45, 2.75) is 35.6 Å². The fraction of sp³-hybridized carbons (Fsp3) is 0.600. The van der Waals surface area contributed by atoms with E-state index in [0.717, 1.165) is 17.1 Å². The molecule has 136 valence electrons. The van der Waals surface area contributed by atoms with Gasteiger partial charge in [-0.05, 0) is 43.9 Å². The molecule has 1 aliphatic heterocycles. The van der Waals surface area contributed by atoms with E-state index in [2.05, 4.69) is 0 Å². The van der Waals surface area contributed by atoms with Crippen LogP contribution in [0.15, 0.2) is 34.1 Å². The molecule has 2 rings (SSSR count). The Hall–Kier alpha value is -1.00. The zero-order valence-corrected chi connectivity index (χ0v) is 15.8. The summed E-state index contributed by atoms with van der Waals surface area (Å²) < 4.78 is 52.7. The molecule has 0 spiro atoms. The summed E-state index contributed by atoms with van der Waals surface area (Å²) >= 11 is 0. The Bertz CT molecular complexity index is 789. The molecule has 7 nitrogen and oxygen atoms in total. The number of nitrogens with zero attached hydrogens (tertiary/aromatic N) is 2. The number of benzene rings is 1. The SMILES string of the molecule is CC(N)C1CCCN(S(=O)(=O)c2cccc(S(=O)(=O)N(C)C)c2)C1. The third-order valence-corrected chi connectivity index (χ3v) is 8.06. The van der Waals surface area contributed by atoms with Crippen molar-refractivity contribution in [1.29, 1.82) is 0 Å². The van der Waals surface area contributed by atoms with Crippen LogP contribution < -0.4 is 5.73 Å². The maximum absolute atomic E-state index is 12.9. The average Bonchev–Trinajstić information content (AvgIpc) is 2.55. The molecular weight excluding hydrogens is 350 g/mol. The molecule has 1 heterocycles. The van der Waals surface area contributed by atoms with Gasteiger partial charge in [0.15, 0.2) is 0 Å². The lowest BCUT2D eigenvalue weighted by atomic mass is 9.93. The van der Waals surface area contributed by atoms with Crippen molar-refractivity contribution in [2.75, 3.05) is 27.2 Å². The van der Waals surface area contributed by atoms with Gasteiger partial charge in [-0.3, -0.25) is 0 Å². The highest BCUT2D eigenvalue weighted by atomic mass is 32.2. The van der Waals surface area contributed by atoms with Crippen molar-refractivity contribution in [1.82, 2.24) is 8.61 Å². The maximum atomic E-state index is 12.9. The highest BCUT2D eigenvalue weighted by Crippen LogP contribution is 2.26. The second-order valence-corrected chi connectivity index (χ2v) is 10.5. The predicted octanol–water partition coefficient (Wildman–Crippen LogP) is 0.685. The second kappa shape index (κ2) is 7.09. The van der Waals surface area contributed by atoms with Crippen molar-refractivity contribution in [2.24, 2.45) is 11.7 Å². The summed E-state index contributed by atoms with van der Waals surface area (Å²) in [5.74, 6) is 0.113. The molecule has 0 aromatic heterocycles. The number of piperidine rings is 1. The number of rotatable bonds is 5. The highest BCUT2D eigenvalue weighted by Gasteiger charge is 2.32. The van der Waals surface area contributed by atoms with Crippen LogP contribution in [-0.4, -0.2) is 58.7 Å². The first-order chi connectivity index (χ1) is 11.1. The largest absolute Gasteiger partial charge is 0.328 e. The van der Waals surface area contributed by atoms with Crippen LogP contribution in [0, 0.1) is 5.92 Å². The van der Waals surface area contributed by atoms with Crippen LogP contribution in [0.3, 0.4) is 0 Å². The Morgan fingerprint density at radius 1 is 1.21 bits per heavy atom. The quantitative estimate of drug-likeness (QED) is 0.816. The number of hydrogen-bond donors (Lipinski definition) is 1. The van der Waals surface area contributed by atoms with Crippen LogP contribution in [0.4, 0.5) is 0 Å². The molecule has 0 aliphatic carbocycles. The highest BCUT2D eigenvalue weighted by molar-refractivity contribution is 7.90. The first kappa shape index (κ1) is 19.3. The summed E-state index contributed by atoms with van der Waals surface area (Å²) in [6, 6.07) is 5.43. The molecule has 2 unspecified atom stereocenters. The van der Waals surface area contributed by atoms with Crippen molar-refractivity contribution >= 4 is 20.0 Å². The first-order valence-electron chi connectivity index (χ1n) is 7.85. The molecule has 0 saturated carbocycles. The first-order valence-corrected chi connectivity index (χ1v) is 10.7. The molecule has 24 heavy (non-hydrogen) atoms. The summed E-state index contributed by atoms with van der Waals surface area (Å²) in [7, 11) is -4.60. The number of hydrogen-bond acceptors (Lipinski definition) is 5. The van der Waals surface area contributed by atoms with Gasteiger partial charge in [-0.2, -0.15) is 4.31 Å². The lowest BCUT2D eigenvalue weighted by Crippen LogP contribution is -2.44. The van der Waals surface area contributed by atoms with Crippen LogP contribution in [0.5, 0.6) is 0 Å². The molecule has 1 aromatic rings. The smallest absolute Gasteiger partial charge is 0.243 e. The lowest BCUT2D eigenvalue weighted by Gasteiger charge is -2.33. The van der Waals surface area contributed by atoms with Crippen molar-refractivity contribution in [3.63, 3.8) is 0 Å². The van der Waals surface area contributed by atoms with E-state index in [1.54, 1.807) is 0 Å². The topological polar surface area (TPSA) is 101 Å². The maximum Gasteiger partial charge on any atom is 0.243 e. The number of sulfonamides is 2. The van der Waals surface area contributed by atoms with Gasteiger partial charge in [0.05, 0.1) is 9.79 Å². The van der Waals surface area contributed by atoms with Crippen molar-refractivity contribution < 1.29 is 16.8 Å². The van der Waals surface area contributed by atoms with E-state index >= 15 is 0 Å². The summed E-state index contributed by atoms with van der Waals surface area (Å²) in [6.07, 6.45) is 1.65. The monoisotopic (exact) mass is 375 g/mol. The van der Waals surface area contributed by atoms with Gasteiger partial charge in [0.25, 0.3) is 0 Å². The van der Waals surface area contributed by atoms with E-state index in [4.69, 9.17) is 5.73 Å².